The molecule has 3 rings (SSSR count). The van der Waals surface area contributed by atoms with Crippen LogP contribution in [-0.4, -0.2) is 24.9 Å². The zero-order chi connectivity index (χ0) is 15.7. The molecule has 2 aromatic rings. The number of phenols is 1. The Bertz CT molecular complexity index is 705. The number of hydrogen-bond donors (Lipinski definition) is 2. The van der Waals surface area contributed by atoms with Crippen LogP contribution in [0.2, 0.25) is 0 Å². The molecule has 4 heteroatoms. The standard InChI is InChI=1S/C18H21N3O/c1-12-4-9-18(22)15(10-12)17-11-16(19-20-17)13-5-7-14(8-6-13)21(2)3/h4-10,16,19,22H,11H2,1-3H3/t16-/m1/s1. The average Bonchev–Trinajstić information content (AvgIpc) is 2.99. The molecule has 0 saturated carbocycles. The first-order valence-corrected chi connectivity index (χ1v) is 7.44. The van der Waals surface area contributed by atoms with Crippen LogP contribution in [0.1, 0.15) is 29.2 Å². The van der Waals surface area contributed by atoms with Crippen LogP contribution in [0.4, 0.5) is 5.69 Å². The molecule has 0 unspecified atom stereocenters. The van der Waals surface area contributed by atoms with Gasteiger partial charge in [-0.2, -0.15) is 5.10 Å². The quantitative estimate of drug-likeness (QED) is 0.914. The average molecular weight is 295 g/mol. The van der Waals surface area contributed by atoms with E-state index in [0.717, 1.165) is 23.3 Å². The van der Waals surface area contributed by atoms with Crippen LogP contribution in [0, 0.1) is 6.92 Å². The summed E-state index contributed by atoms with van der Waals surface area (Å²) in [6, 6.07) is 14.2. The van der Waals surface area contributed by atoms with E-state index >= 15 is 0 Å². The Hall–Kier alpha value is -2.49. The molecule has 0 spiro atoms. The normalized spacial score (nSPS) is 17.0. The molecule has 1 heterocycles. The topological polar surface area (TPSA) is 47.9 Å². The Labute approximate surface area is 131 Å². The number of rotatable bonds is 3. The van der Waals surface area contributed by atoms with Crippen molar-refractivity contribution in [3.8, 4) is 5.75 Å². The minimum Gasteiger partial charge on any atom is -0.507 e. The van der Waals surface area contributed by atoms with Crippen LogP contribution < -0.4 is 10.3 Å². The van der Waals surface area contributed by atoms with E-state index in [1.807, 2.05) is 33.2 Å². The lowest BCUT2D eigenvalue weighted by molar-refractivity contribution is 0.474. The number of nitrogens with zero attached hydrogens (tertiary/aromatic N) is 2. The molecule has 22 heavy (non-hydrogen) atoms. The first kappa shape index (κ1) is 14.4. The third kappa shape index (κ3) is 2.77. The molecule has 1 atom stereocenters. The Kier molecular flexibility index (Phi) is 3.75. The maximum Gasteiger partial charge on any atom is 0.124 e. The van der Waals surface area contributed by atoms with Crippen molar-refractivity contribution in [3.05, 3.63) is 59.2 Å². The maximum atomic E-state index is 10.0. The van der Waals surface area contributed by atoms with Gasteiger partial charge in [-0.15, -0.1) is 0 Å². The predicted molar refractivity (Wildman–Crippen MR) is 90.6 cm³/mol. The second-order valence-corrected chi connectivity index (χ2v) is 5.95. The minimum absolute atomic E-state index is 0.158. The molecule has 114 valence electrons. The summed E-state index contributed by atoms with van der Waals surface area (Å²) >= 11 is 0. The van der Waals surface area contributed by atoms with Gasteiger partial charge >= 0.3 is 0 Å². The number of aryl methyl sites for hydroxylation is 1. The van der Waals surface area contributed by atoms with E-state index in [1.54, 1.807) is 6.07 Å². The Morgan fingerprint density at radius 1 is 1.14 bits per heavy atom. The van der Waals surface area contributed by atoms with Gasteiger partial charge in [0.25, 0.3) is 0 Å². The second-order valence-electron chi connectivity index (χ2n) is 5.95. The molecule has 4 nitrogen and oxygen atoms in total. The van der Waals surface area contributed by atoms with Gasteiger partial charge in [-0.3, -0.25) is 0 Å². The number of aromatic hydroxyl groups is 1. The number of anilines is 1. The zero-order valence-corrected chi connectivity index (χ0v) is 13.2. The smallest absolute Gasteiger partial charge is 0.124 e. The fourth-order valence-electron chi connectivity index (χ4n) is 2.69. The van der Waals surface area contributed by atoms with Crippen LogP contribution in [0.25, 0.3) is 0 Å². The third-order valence-corrected chi connectivity index (χ3v) is 4.03. The molecule has 2 N–H and O–H groups in total. The number of benzene rings is 2. The Morgan fingerprint density at radius 3 is 2.55 bits per heavy atom. The number of phenolic OH excluding ortho intramolecular Hbond substituents is 1. The molecule has 0 radical (unpaired) electrons. The molecule has 0 bridgehead atoms. The largest absolute Gasteiger partial charge is 0.507 e. The lowest BCUT2D eigenvalue weighted by atomic mass is 9.97. The van der Waals surface area contributed by atoms with Crippen LogP contribution in [0.15, 0.2) is 47.6 Å². The monoisotopic (exact) mass is 295 g/mol. The summed E-state index contributed by atoms with van der Waals surface area (Å²) in [5.74, 6) is 0.287. The van der Waals surface area contributed by atoms with Gasteiger partial charge in [0.2, 0.25) is 0 Å². The molecule has 0 aromatic heterocycles. The summed E-state index contributed by atoms with van der Waals surface area (Å²) in [4.78, 5) is 2.08. The van der Waals surface area contributed by atoms with E-state index < -0.39 is 0 Å². The van der Waals surface area contributed by atoms with Crippen molar-refractivity contribution in [3.63, 3.8) is 0 Å². The van der Waals surface area contributed by atoms with E-state index in [-0.39, 0.29) is 11.8 Å². The van der Waals surface area contributed by atoms with Gasteiger partial charge in [0, 0.05) is 31.8 Å². The van der Waals surface area contributed by atoms with E-state index in [1.165, 1.54) is 11.3 Å². The Morgan fingerprint density at radius 2 is 1.86 bits per heavy atom. The molecule has 1 aliphatic heterocycles. The fourth-order valence-corrected chi connectivity index (χ4v) is 2.69. The number of hydrogen-bond acceptors (Lipinski definition) is 4. The lowest BCUT2D eigenvalue weighted by Gasteiger charge is -2.15. The van der Waals surface area contributed by atoms with Crippen LogP contribution in [-0.2, 0) is 0 Å². The predicted octanol–water partition coefficient (Wildman–Crippen LogP) is 3.21. The molecule has 0 saturated heterocycles. The van der Waals surface area contributed by atoms with Crippen molar-refractivity contribution in [1.82, 2.24) is 5.43 Å². The summed E-state index contributed by atoms with van der Waals surface area (Å²) in [7, 11) is 4.06. The SMILES string of the molecule is Cc1ccc(O)c(C2=NN[C@@H](c3ccc(N(C)C)cc3)C2)c1. The highest BCUT2D eigenvalue weighted by atomic mass is 16.3. The Balaban J connectivity index is 1.77. The summed E-state index contributed by atoms with van der Waals surface area (Å²) in [5.41, 5.74) is 8.41. The van der Waals surface area contributed by atoms with Gasteiger partial charge in [-0.25, -0.2) is 0 Å². The lowest BCUT2D eigenvalue weighted by Crippen LogP contribution is -2.11. The van der Waals surface area contributed by atoms with Gasteiger partial charge in [-0.1, -0.05) is 23.8 Å². The molecule has 1 aliphatic rings. The maximum absolute atomic E-state index is 10.0. The van der Waals surface area contributed by atoms with Gasteiger partial charge in [0.15, 0.2) is 0 Å². The van der Waals surface area contributed by atoms with Gasteiger partial charge in [-0.05, 0) is 36.8 Å². The fraction of sp³-hybridized carbons (Fsp3) is 0.278. The number of hydrazone groups is 1. The molecule has 0 fully saturated rings. The highest BCUT2D eigenvalue weighted by Gasteiger charge is 2.23. The molecule has 2 aromatic carbocycles. The minimum atomic E-state index is 0.158. The van der Waals surface area contributed by atoms with E-state index in [9.17, 15) is 5.11 Å². The van der Waals surface area contributed by atoms with Crippen molar-refractivity contribution in [1.29, 1.82) is 0 Å². The number of nitrogens with one attached hydrogen (secondary N) is 1. The summed E-state index contributed by atoms with van der Waals surface area (Å²) in [6.07, 6.45) is 0.776. The van der Waals surface area contributed by atoms with Gasteiger partial charge < -0.3 is 15.4 Å². The van der Waals surface area contributed by atoms with E-state index in [0.29, 0.717) is 0 Å². The van der Waals surface area contributed by atoms with Crippen LogP contribution in [0.5, 0.6) is 5.75 Å². The highest BCUT2D eigenvalue weighted by molar-refractivity contribution is 6.04. The first-order valence-electron chi connectivity index (χ1n) is 7.44. The molecular weight excluding hydrogens is 274 g/mol. The highest BCUT2D eigenvalue weighted by Crippen LogP contribution is 2.29. The summed E-state index contributed by atoms with van der Waals surface area (Å²) < 4.78 is 0. The summed E-state index contributed by atoms with van der Waals surface area (Å²) in [6.45, 7) is 2.02. The molecule has 0 aliphatic carbocycles. The summed E-state index contributed by atoms with van der Waals surface area (Å²) in [5, 5.41) is 14.5. The zero-order valence-electron chi connectivity index (χ0n) is 13.2. The molecular formula is C18H21N3O. The van der Waals surface area contributed by atoms with Gasteiger partial charge in [0.1, 0.15) is 5.75 Å². The van der Waals surface area contributed by atoms with Crippen molar-refractivity contribution in [2.24, 2.45) is 5.10 Å². The first-order chi connectivity index (χ1) is 10.5. The van der Waals surface area contributed by atoms with Crippen molar-refractivity contribution in [2.75, 3.05) is 19.0 Å². The van der Waals surface area contributed by atoms with Crippen molar-refractivity contribution in [2.45, 2.75) is 19.4 Å². The third-order valence-electron chi connectivity index (χ3n) is 4.03. The van der Waals surface area contributed by atoms with E-state index in [2.05, 4.69) is 39.7 Å². The van der Waals surface area contributed by atoms with Crippen molar-refractivity contribution < 1.29 is 5.11 Å². The van der Waals surface area contributed by atoms with Gasteiger partial charge in [0.05, 0.1) is 11.8 Å². The van der Waals surface area contributed by atoms with Crippen LogP contribution in [0.3, 0.4) is 0 Å². The van der Waals surface area contributed by atoms with E-state index in [4.69, 9.17) is 0 Å². The molecule has 0 amide bonds. The second kappa shape index (κ2) is 5.72. The van der Waals surface area contributed by atoms with Crippen molar-refractivity contribution >= 4 is 11.4 Å². The van der Waals surface area contributed by atoms with Crippen LogP contribution >= 0.6 is 0 Å².